The highest BCUT2D eigenvalue weighted by atomic mass is 16.5. The van der Waals surface area contributed by atoms with Crippen molar-refractivity contribution < 1.29 is 14.3 Å². The zero-order valence-corrected chi connectivity index (χ0v) is 14.5. The molecule has 0 aromatic heterocycles. The van der Waals surface area contributed by atoms with Gasteiger partial charge in [0.05, 0.1) is 30.5 Å². The van der Waals surface area contributed by atoms with Crippen molar-refractivity contribution in [2.45, 2.75) is 0 Å². The van der Waals surface area contributed by atoms with Crippen LogP contribution in [0.25, 0.3) is 0 Å². The largest absolute Gasteiger partial charge is 0.496 e. The van der Waals surface area contributed by atoms with Gasteiger partial charge < -0.3 is 15.0 Å². The molecule has 0 aliphatic carbocycles. The summed E-state index contributed by atoms with van der Waals surface area (Å²) in [5.74, 6) is 0.748. The quantitative estimate of drug-likeness (QED) is 0.921. The maximum absolute atomic E-state index is 12.7. The second-order valence-corrected chi connectivity index (χ2v) is 6.08. The minimum atomic E-state index is -0.289. The number of carbonyl (C=O) groups is 2. The molecule has 0 fully saturated rings. The lowest BCUT2D eigenvalue weighted by Crippen LogP contribution is -2.48. The average molecular weight is 350 g/mol. The van der Waals surface area contributed by atoms with E-state index < -0.39 is 0 Å². The summed E-state index contributed by atoms with van der Waals surface area (Å²) in [5.41, 5.74) is 2.36. The van der Waals surface area contributed by atoms with Crippen LogP contribution in [-0.4, -0.2) is 49.9 Å². The van der Waals surface area contributed by atoms with Crippen molar-refractivity contribution >= 4 is 29.1 Å². The van der Waals surface area contributed by atoms with Crippen molar-refractivity contribution in [3.8, 4) is 5.75 Å². The second-order valence-electron chi connectivity index (χ2n) is 6.08. The molecule has 7 heteroatoms. The third-order valence-corrected chi connectivity index (χ3v) is 4.55. The molecular weight excluding hydrogens is 332 g/mol. The van der Waals surface area contributed by atoms with Gasteiger partial charge >= 0.3 is 0 Å². The summed E-state index contributed by atoms with van der Waals surface area (Å²) in [6.07, 6.45) is 0. The Morgan fingerprint density at radius 3 is 2.85 bits per heavy atom. The van der Waals surface area contributed by atoms with Crippen molar-refractivity contribution in [2.24, 2.45) is 4.99 Å². The van der Waals surface area contributed by atoms with Crippen LogP contribution in [0.1, 0.15) is 20.7 Å². The van der Waals surface area contributed by atoms with Crippen molar-refractivity contribution in [1.29, 1.82) is 0 Å². The van der Waals surface area contributed by atoms with Crippen LogP contribution < -0.4 is 15.0 Å². The Bertz CT molecular complexity index is 938. The number of hydrogen-bond donors (Lipinski definition) is 1. The summed E-state index contributed by atoms with van der Waals surface area (Å²) in [7, 11) is 3.23. The molecule has 2 aliphatic heterocycles. The van der Waals surface area contributed by atoms with Crippen LogP contribution in [0.5, 0.6) is 5.75 Å². The minimum Gasteiger partial charge on any atom is -0.496 e. The number of methoxy groups -OCH3 is 1. The van der Waals surface area contributed by atoms with Crippen molar-refractivity contribution in [3.63, 3.8) is 0 Å². The molecule has 2 heterocycles. The maximum Gasteiger partial charge on any atom is 0.262 e. The van der Waals surface area contributed by atoms with Crippen molar-refractivity contribution in [3.05, 3.63) is 53.6 Å². The Labute approximate surface area is 150 Å². The number of anilines is 2. The standard InChI is InChI=1S/C19H18N4O3/c1-22-18(25)14-11-12(7-8-15(14)23-10-9-20-19(22)23)21-17(24)13-5-3-4-6-16(13)26-2/h3-8,11H,9-10H2,1-2H3,(H,21,24). The number of amides is 2. The predicted octanol–water partition coefficient (Wildman–Crippen LogP) is 2.21. The van der Waals surface area contributed by atoms with Crippen LogP contribution >= 0.6 is 0 Å². The molecule has 0 atom stereocenters. The van der Waals surface area contributed by atoms with E-state index in [4.69, 9.17) is 4.74 Å². The molecule has 0 saturated heterocycles. The zero-order valence-electron chi connectivity index (χ0n) is 14.5. The number of guanidine groups is 1. The van der Waals surface area contributed by atoms with E-state index in [9.17, 15) is 9.59 Å². The molecular formula is C19H18N4O3. The Kier molecular flexibility index (Phi) is 3.84. The molecule has 2 aliphatic rings. The fraction of sp³-hybridized carbons (Fsp3) is 0.211. The number of benzene rings is 2. The van der Waals surface area contributed by atoms with E-state index in [1.165, 1.54) is 7.11 Å². The van der Waals surface area contributed by atoms with Crippen molar-refractivity contribution in [1.82, 2.24) is 4.90 Å². The van der Waals surface area contributed by atoms with Gasteiger partial charge in [-0.3, -0.25) is 19.5 Å². The van der Waals surface area contributed by atoms with Gasteiger partial charge in [-0.1, -0.05) is 12.1 Å². The third-order valence-electron chi connectivity index (χ3n) is 4.55. The Hall–Kier alpha value is -3.35. The monoisotopic (exact) mass is 350 g/mol. The summed E-state index contributed by atoms with van der Waals surface area (Å²) in [6.45, 7) is 1.41. The SMILES string of the molecule is COc1ccccc1C(=O)Nc1ccc2c(c1)C(=O)N(C)C1=NCCN12. The first-order valence-corrected chi connectivity index (χ1v) is 8.28. The lowest BCUT2D eigenvalue weighted by Gasteiger charge is -2.33. The van der Waals surface area contributed by atoms with Gasteiger partial charge in [0.25, 0.3) is 11.8 Å². The van der Waals surface area contributed by atoms with E-state index in [1.54, 1.807) is 48.3 Å². The zero-order chi connectivity index (χ0) is 18.3. The number of hydrogen-bond acceptors (Lipinski definition) is 5. The fourth-order valence-electron chi connectivity index (χ4n) is 3.27. The van der Waals surface area contributed by atoms with E-state index in [0.717, 1.165) is 12.2 Å². The first-order valence-electron chi connectivity index (χ1n) is 8.28. The second kappa shape index (κ2) is 6.18. The molecule has 26 heavy (non-hydrogen) atoms. The number of rotatable bonds is 3. The highest BCUT2D eigenvalue weighted by Gasteiger charge is 2.35. The van der Waals surface area contributed by atoms with Gasteiger partial charge in [0.1, 0.15) is 5.75 Å². The lowest BCUT2D eigenvalue weighted by molar-refractivity contribution is 0.0865. The predicted molar refractivity (Wildman–Crippen MR) is 99.1 cm³/mol. The highest BCUT2D eigenvalue weighted by molar-refractivity contribution is 6.19. The number of para-hydroxylation sites is 1. The smallest absolute Gasteiger partial charge is 0.262 e. The Morgan fingerprint density at radius 2 is 2.04 bits per heavy atom. The van der Waals surface area contributed by atoms with Crippen LogP contribution in [0.4, 0.5) is 11.4 Å². The van der Waals surface area contributed by atoms with E-state index in [0.29, 0.717) is 35.1 Å². The van der Waals surface area contributed by atoms with Gasteiger partial charge in [-0.2, -0.15) is 0 Å². The van der Waals surface area contributed by atoms with Crippen LogP contribution in [-0.2, 0) is 0 Å². The van der Waals surface area contributed by atoms with Crippen LogP contribution in [0.15, 0.2) is 47.5 Å². The molecule has 0 spiro atoms. The number of carbonyl (C=O) groups excluding carboxylic acids is 2. The van der Waals surface area contributed by atoms with E-state index in [2.05, 4.69) is 10.3 Å². The average Bonchev–Trinajstić information content (AvgIpc) is 3.16. The topological polar surface area (TPSA) is 74.2 Å². The Balaban J connectivity index is 1.65. The number of aliphatic imine (C=N–C) groups is 1. The molecule has 1 N–H and O–H groups in total. The van der Waals surface area contributed by atoms with Crippen LogP contribution in [0, 0.1) is 0 Å². The van der Waals surface area contributed by atoms with Gasteiger partial charge in [0, 0.05) is 19.3 Å². The molecule has 0 radical (unpaired) electrons. The first kappa shape index (κ1) is 16.1. The molecule has 0 unspecified atom stereocenters. The minimum absolute atomic E-state index is 0.134. The van der Waals surface area contributed by atoms with Gasteiger partial charge in [-0.15, -0.1) is 0 Å². The van der Waals surface area contributed by atoms with Crippen molar-refractivity contribution in [2.75, 3.05) is 37.5 Å². The number of nitrogens with zero attached hydrogens (tertiary/aromatic N) is 3. The maximum atomic E-state index is 12.7. The molecule has 2 aromatic carbocycles. The van der Waals surface area contributed by atoms with Crippen LogP contribution in [0.3, 0.4) is 0 Å². The molecule has 2 amide bonds. The highest BCUT2D eigenvalue weighted by Crippen LogP contribution is 2.32. The van der Waals surface area contributed by atoms with Gasteiger partial charge in [0.15, 0.2) is 0 Å². The number of fused-ring (bicyclic) bond motifs is 3. The number of nitrogens with one attached hydrogen (secondary N) is 1. The summed E-state index contributed by atoms with van der Waals surface area (Å²) >= 11 is 0. The van der Waals surface area contributed by atoms with Gasteiger partial charge in [-0.05, 0) is 30.3 Å². The van der Waals surface area contributed by atoms with E-state index in [1.807, 2.05) is 11.0 Å². The molecule has 7 nitrogen and oxygen atoms in total. The molecule has 4 rings (SSSR count). The molecule has 0 saturated carbocycles. The van der Waals surface area contributed by atoms with Crippen LogP contribution in [0.2, 0.25) is 0 Å². The lowest BCUT2D eigenvalue weighted by atomic mass is 10.1. The first-order chi connectivity index (χ1) is 12.6. The normalized spacial score (nSPS) is 15.3. The molecule has 2 aromatic rings. The third kappa shape index (κ3) is 2.48. The summed E-state index contributed by atoms with van der Waals surface area (Å²) in [5, 5.41) is 2.84. The van der Waals surface area contributed by atoms with E-state index >= 15 is 0 Å². The molecule has 0 bridgehead atoms. The van der Waals surface area contributed by atoms with Gasteiger partial charge in [0.2, 0.25) is 5.96 Å². The summed E-state index contributed by atoms with van der Waals surface area (Å²) in [6, 6.07) is 12.3. The fourth-order valence-corrected chi connectivity index (χ4v) is 3.27. The molecule has 132 valence electrons. The van der Waals surface area contributed by atoms with Gasteiger partial charge in [-0.25, -0.2) is 0 Å². The van der Waals surface area contributed by atoms with E-state index in [-0.39, 0.29) is 11.8 Å². The summed E-state index contributed by atoms with van der Waals surface area (Å²) in [4.78, 5) is 33.2. The summed E-state index contributed by atoms with van der Waals surface area (Å²) < 4.78 is 5.23. The Morgan fingerprint density at radius 1 is 1.23 bits per heavy atom. The number of ether oxygens (including phenoxy) is 1.